The summed E-state index contributed by atoms with van der Waals surface area (Å²) in [6.07, 6.45) is 0. The van der Waals surface area contributed by atoms with Crippen LogP contribution in [0, 0.1) is 6.92 Å². The highest BCUT2D eigenvalue weighted by atomic mass is 32.1. The molecule has 0 atom stereocenters. The number of aromatic nitrogens is 3. The Balaban J connectivity index is 1.75. The molecule has 0 aliphatic rings. The minimum absolute atomic E-state index is 0.178. The molecule has 0 aliphatic heterocycles. The largest absolute Gasteiger partial charge is 0.352 e. The van der Waals surface area contributed by atoms with Crippen LogP contribution in [0.25, 0.3) is 21.6 Å². The van der Waals surface area contributed by atoms with Crippen molar-refractivity contribution in [3.63, 3.8) is 0 Å². The molecule has 8 heteroatoms. The molecule has 4 aromatic rings. The zero-order valence-electron chi connectivity index (χ0n) is 16.9. The fourth-order valence-corrected chi connectivity index (χ4v) is 4.06. The third-order valence-electron chi connectivity index (χ3n) is 4.71. The standard InChI is InChI=1S/C22H21N5O2S/c1-4-23-21(28)14-7-5-8-15(11-14)24-22(29)16-12-17(18-9-6-10-30-18)25-20-19(16)13(2)26-27(20)3/h5-12H,4H2,1-3H3,(H,23,28)(H,24,29). The molecule has 0 bridgehead atoms. The van der Waals surface area contributed by atoms with Gasteiger partial charge in [0.2, 0.25) is 0 Å². The quantitative estimate of drug-likeness (QED) is 0.512. The van der Waals surface area contributed by atoms with Crippen molar-refractivity contribution in [1.82, 2.24) is 20.1 Å². The van der Waals surface area contributed by atoms with Gasteiger partial charge < -0.3 is 10.6 Å². The average molecular weight is 420 g/mol. The van der Waals surface area contributed by atoms with E-state index in [2.05, 4.69) is 15.7 Å². The summed E-state index contributed by atoms with van der Waals surface area (Å²) in [4.78, 5) is 31.1. The minimum atomic E-state index is -0.274. The molecular weight excluding hydrogens is 398 g/mol. The van der Waals surface area contributed by atoms with Crippen molar-refractivity contribution in [2.24, 2.45) is 7.05 Å². The zero-order valence-corrected chi connectivity index (χ0v) is 17.7. The molecule has 0 unspecified atom stereocenters. The van der Waals surface area contributed by atoms with E-state index in [4.69, 9.17) is 4.98 Å². The first-order valence-electron chi connectivity index (χ1n) is 9.55. The van der Waals surface area contributed by atoms with E-state index in [1.807, 2.05) is 38.4 Å². The maximum atomic E-state index is 13.2. The van der Waals surface area contributed by atoms with Gasteiger partial charge in [0, 0.05) is 24.8 Å². The molecular formula is C22H21N5O2S. The summed E-state index contributed by atoms with van der Waals surface area (Å²) < 4.78 is 1.69. The van der Waals surface area contributed by atoms with Crippen molar-refractivity contribution in [2.45, 2.75) is 13.8 Å². The van der Waals surface area contributed by atoms with Gasteiger partial charge in [-0.3, -0.25) is 14.3 Å². The van der Waals surface area contributed by atoms with Crippen molar-refractivity contribution in [1.29, 1.82) is 0 Å². The van der Waals surface area contributed by atoms with Crippen LogP contribution in [0.5, 0.6) is 0 Å². The fourth-order valence-electron chi connectivity index (χ4n) is 3.37. The summed E-state index contributed by atoms with van der Waals surface area (Å²) in [5, 5.41) is 12.8. The van der Waals surface area contributed by atoms with E-state index < -0.39 is 0 Å². The van der Waals surface area contributed by atoms with Crippen LogP contribution in [0.2, 0.25) is 0 Å². The van der Waals surface area contributed by atoms with Crippen LogP contribution >= 0.6 is 11.3 Å². The monoisotopic (exact) mass is 419 g/mol. The van der Waals surface area contributed by atoms with Gasteiger partial charge in [-0.25, -0.2) is 4.98 Å². The number of carbonyl (C=O) groups excluding carboxylic acids is 2. The Morgan fingerprint density at radius 1 is 1.13 bits per heavy atom. The molecule has 7 nitrogen and oxygen atoms in total. The lowest BCUT2D eigenvalue weighted by Gasteiger charge is -2.10. The average Bonchev–Trinajstić information content (AvgIpc) is 3.36. The fraction of sp³-hybridized carbons (Fsp3) is 0.182. The lowest BCUT2D eigenvalue weighted by atomic mass is 10.1. The van der Waals surface area contributed by atoms with E-state index in [1.54, 1.807) is 46.4 Å². The molecule has 3 aromatic heterocycles. The number of pyridine rings is 1. The second-order valence-corrected chi connectivity index (χ2v) is 7.78. The summed E-state index contributed by atoms with van der Waals surface area (Å²) in [6, 6.07) is 12.6. The zero-order chi connectivity index (χ0) is 21.3. The van der Waals surface area contributed by atoms with Gasteiger partial charge in [0.15, 0.2) is 5.65 Å². The van der Waals surface area contributed by atoms with Crippen LogP contribution in [-0.4, -0.2) is 33.1 Å². The van der Waals surface area contributed by atoms with Crippen LogP contribution in [0.4, 0.5) is 5.69 Å². The molecule has 0 saturated carbocycles. The SMILES string of the molecule is CCNC(=O)c1cccc(NC(=O)c2cc(-c3cccs3)nc3c2c(C)nn3C)c1. The van der Waals surface area contributed by atoms with E-state index in [0.29, 0.717) is 29.0 Å². The predicted molar refractivity (Wildman–Crippen MR) is 119 cm³/mol. The molecule has 0 saturated heterocycles. The number of thiophene rings is 1. The highest BCUT2D eigenvalue weighted by Gasteiger charge is 2.20. The maximum absolute atomic E-state index is 13.2. The van der Waals surface area contributed by atoms with Crippen LogP contribution < -0.4 is 10.6 Å². The highest BCUT2D eigenvalue weighted by Crippen LogP contribution is 2.29. The van der Waals surface area contributed by atoms with Crippen molar-refractivity contribution in [3.8, 4) is 10.6 Å². The second kappa shape index (κ2) is 8.08. The van der Waals surface area contributed by atoms with E-state index in [9.17, 15) is 9.59 Å². The van der Waals surface area contributed by atoms with Crippen LogP contribution in [0.15, 0.2) is 47.8 Å². The molecule has 0 aliphatic carbocycles. The predicted octanol–water partition coefficient (Wildman–Crippen LogP) is 4.01. The number of nitrogens with one attached hydrogen (secondary N) is 2. The Hall–Kier alpha value is -3.52. The summed E-state index contributed by atoms with van der Waals surface area (Å²) in [5.74, 6) is -0.452. The first kappa shape index (κ1) is 19.8. The Labute approximate surface area is 177 Å². The molecule has 1 aromatic carbocycles. The van der Waals surface area contributed by atoms with E-state index in [1.165, 1.54) is 0 Å². The lowest BCUT2D eigenvalue weighted by Crippen LogP contribution is -2.22. The number of carbonyl (C=O) groups is 2. The van der Waals surface area contributed by atoms with Gasteiger partial charge in [-0.15, -0.1) is 11.3 Å². The number of anilines is 1. The Morgan fingerprint density at radius 2 is 1.97 bits per heavy atom. The van der Waals surface area contributed by atoms with E-state index >= 15 is 0 Å². The Kier molecular flexibility index (Phi) is 5.33. The molecule has 0 radical (unpaired) electrons. The normalized spacial score (nSPS) is 10.9. The molecule has 3 heterocycles. The lowest BCUT2D eigenvalue weighted by molar-refractivity contribution is 0.0954. The molecule has 2 amide bonds. The van der Waals surface area contributed by atoms with Crippen molar-refractivity contribution < 1.29 is 9.59 Å². The van der Waals surface area contributed by atoms with Gasteiger partial charge in [0.25, 0.3) is 11.8 Å². The van der Waals surface area contributed by atoms with Gasteiger partial charge in [0.1, 0.15) is 0 Å². The van der Waals surface area contributed by atoms with Gasteiger partial charge in [-0.2, -0.15) is 5.10 Å². The van der Waals surface area contributed by atoms with Crippen LogP contribution in [0.3, 0.4) is 0 Å². The van der Waals surface area contributed by atoms with Crippen molar-refractivity contribution in [3.05, 3.63) is 64.7 Å². The van der Waals surface area contributed by atoms with Gasteiger partial charge >= 0.3 is 0 Å². The number of fused-ring (bicyclic) bond motifs is 1. The number of hydrogen-bond donors (Lipinski definition) is 2. The maximum Gasteiger partial charge on any atom is 0.256 e. The van der Waals surface area contributed by atoms with Crippen molar-refractivity contribution in [2.75, 3.05) is 11.9 Å². The van der Waals surface area contributed by atoms with E-state index in [0.717, 1.165) is 21.7 Å². The molecule has 152 valence electrons. The number of amides is 2. The van der Waals surface area contributed by atoms with Gasteiger partial charge in [-0.05, 0) is 49.6 Å². The summed E-state index contributed by atoms with van der Waals surface area (Å²) in [5.41, 5.74) is 3.65. The molecule has 4 rings (SSSR count). The van der Waals surface area contributed by atoms with E-state index in [-0.39, 0.29) is 11.8 Å². The summed E-state index contributed by atoms with van der Waals surface area (Å²) in [7, 11) is 1.82. The van der Waals surface area contributed by atoms with Gasteiger partial charge in [0.05, 0.1) is 27.2 Å². The molecule has 0 fully saturated rings. The van der Waals surface area contributed by atoms with Crippen LogP contribution in [-0.2, 0) is 7.05 Å². The third kappa shape index (κ3) is 3.69. The third-order valence-corrected chi connectivity index (χ3v) is 5.60. The highest BCUT2D eigenvalue weighted by molar-refractivity contribution is 7.13. The van der Waals surface area contributed by atoms with Gasteiger partial charge in [-0.1, -0.05) is 12.1 Å². The number of aryl methyl sites for hydroxylation is 2. The Bertz CT molecular complexity index is 1240. The summed E-state index contributed by atoms with van der Waals surface area (Å²) >= 11 is 1.56. The smallest absolute Gasteiger partial charge is 0.256 e. The first-order valence-corrected chi connectivity index (χ1v) is 10.4. The second-order valence-electron chi connectivity index (χ2n) is 6.83. The topological polar surface area (TPSA) is 88.9 Å². The van der Waals surface area contributed by atoms with Crippen LogP contribution in [0.1, 0.15) is 33.3 Å². The summed E-state index contributed by atoms with van der Waals surface area (Å²) in [6.45, 7) is 4.26. The molecule has 2 N–H and O–H groups in total. The number of rotatable bonds is 5. The number of hydrogen-bond acceptors (Lipinski definition) is 5. The molecule has 0 spiro atoms. The number of nitrogens with zero attached hydrogens (tertiary/aromatic N) is 3. The van der Waals surface area contributed by atoms with Crippen molar-refractivity contribution >= 4 is 39.9 Å². The first-order chi connectivity index (χ1) is 14.5. The Morgan fingerprint density at radius 3 is 2.70 bits per heavy atom. The number of benzene rings is 1. The molecule has 30 heavy (non-hydrogen) atoms. The minimum Gasteiger partial charge on any atom is -0.352 e.